The van der Waals surface area contributed by atoms with Crippen molar-refractivity contribution < 1.29 is 9.90 Å². The Bertz CT molecular complexity index is 1280. The Morgan fingerprint density at radius 3 is 2.39 bits per heavy atom. The van der Waals surface area contributed by atoms with Gasteiger partial charge in [0.2, 0.25) is 5.75 Å². The summed E-state index contributed by atoms with van der Waals surface area (Å²) in [6, 6.07) is 8.39. The normalized spacial score (nSPS) is 17.4. The fourth-order valence-electron chi connectivity index (χ4n) is 5.58. The molecule has 172 valence electrons. The van der Waals surface area contributed by atoms with Crippen LogP contribution in [0, 0.1) is 13.8 Å². The molecule has 2 aromatic heterocycles. The first kappa shape index (κ1) is 21.4. The largest absolute Gasteiger partial charge is 0.501 e. The van der Waals surface area contributed by atoms with E-state index in [1.165, 1.54) is 21.6 Å². The number of hydrogen-bond donors (Lipinski definition) is 1. The quantitative estimate of drug-likeness (QED) is 0.664. The van der Waals surface area contributed by atoms with E-state index in [0.717, 1.165) is 25.7 Å². The molecule has 0 saturated heterocycles. The molecule has 3 heterocycles. The summed E-state index contributed by atoms with van der Waals surface area (Å²) in [5.74, 6) is 0.0608. The Balaban J connectivity index is 1.59. The zero-order valence-corrected chi connectivity index (χ0v) is 19.3. The van der Waals surface area contributed by atoms with E-state index >= 15 is 0 Å². The number of aromatic hydroxyl groups is 1. The number of carbonyl (C=O) groups is 1. The van der Waals surface area contributed by atoms with Crippen LogP contribution in [0.3, 0.4) is 0 Å². The van der Waals surface area contributed by atoms with E-state index in [1.807, 2.05) is 0 Å². The van der Waals surface area contributed by atoms with Gasteiger partial charge in [-0.25, -0.2) is 0 Å². The second kappa shape index (κ2) is 7.86. The summed E-state index contributed by atoms with van der Waals surface area (Å²) < 4.78 is 3.37. The van der Waals surface area contributed by atoms with Crippen LogP contribution in [0.5, 0.6) is 5.75 Å². The number of anilines is 1. The van der Waals surface area contributed by atoms with Crippen molar-refractivity contribution in [2.24, 2.45) is 7.05 Å². The van der Waals surface area contributed by atoms with Gasteiger partial charge in [0.1, 0.15) is 5.82 Å². The van der Waals surface area contributed by atoms with Crippen molar-refractivity contribution >= 4 is 11.7 Å². The number of hydrogen-bond acceptors (Lipinski definition) is 5. The molecule has 1 aliphatic carbocycles. The molecule has 0 atom stereocenters. The molecule has 1 N–H and O–H groups in total. The summed E-state index contributed by atoms with van der Waals surface area (Å²) in [6.45, 7) is 5.05. The van der Waals surface area contributed by atoms with Gasteiger partial charge in [0.15, 0.2) is 11.5 Å². The maximum absolute atomic E-state index is 13.4. The highest BCUT2D eigenvalue weighted by molar-refractivity contribution is 6.06. The van der Waals surface area contributed by atoms with E-state index in [0.29, 0.717) is 31.2 Å². The van der Waals surface area contributed by atoms with Crippen molar-refractivity contribution in [3.8, 4) is 5.75 Å². The highest BCUT2D eigenvalue weighted by Gasteiger charge is 2.39. The van der Waals surface area contributed by atoms with E-state index in [-0.39, 0.29) is 11.1 Å². The average Bonchev–Trinajstić information content (AvgIpc) is 3.41. The van der Waals surface area contributed by atoms with Crippen LogP contribution in [-0.2, 0) is 25.4 Å². The van der Waals surface area contributed by atoms with E-state index in [1.54, 1.807) is 28.6 Å². The number of benzene rings is 1. The lowest BCUT2D eigenvalue weighted by Gasteiger charge is -2.34. The number of carbonyl (C=O) groups excluding carboxylic acids is 1. The Kier molecular flexibility index (Phi) is 5.11. The molecule has 0 radical (unpaired) electrons. The Labute approximate surface area is 192 Å². The van der Waals surface area contributed by atoms with Gasteiger partial charge in [-0.3, -0.25) is 19.2 Å². The van der Waals surface area contributed by atoms with Crippen LogP contribution in [0.4, 0.5) is 5.82 Å². The molecular weight excluding hydrogens is 418 g/mol. The monoisotopic (exact) mass is 447 g/mol. The molecule has 8 nitrogen and oxygen atoms in total. The van der Waals surface area contributed by atoms with Gasteiger partial charge in [-0.05, 0) is 32.3 Å². The lowest BCUT2D eigenvalue weighted by atomic mass is 9.75. The maximum atomic E-state index is 13.4. The standard InChI is InChI=1S/C25H29N5O3/c1-16-12-17(2)14-18(13-16)25(7-4-5-8-25)15-20-26-23(32)22(31)21-24(33)30(11-10-29(20)21)19-6-9-28(3)27-19/h6,9,12-14,31H,4-5,7-8,10-11,15H2,1-3H3. The third-order valence-corrected chi connectivity index (χ3v) is 7.10. The number of fused-ring (bicyclic) bond motifs is 1. The van der Waals surface area contributed by atoms with Gasteiger partial charge in [0, 0.05) is 44.2 Å². The SMILES string of the molecule is Cc1cc(C)cc(C2(Cc3nc(=O)c(O)c4n3CCN(c3ccn(C)n3)C4=O)CCCC2)c1. The predicted molar refractivity (Wildman–Crippen MR) is 125 cm³/mol. The van der Waals surface area contributed by atoms with Crippen LogP contribution in [0.25, 0.3) is 0 Å². The minimum absolute atomic E-state index is 0.00970. The van der Waals surface area contributed by atoms with E-state index in [4.69, 9.17) is 0 Å². The van der Waals surface area contributed by atoms with Gasteiger partial charge in [-0.15, -0.1) is 0 Å². The summed E-state index contributed by atoms with van der Waals surface area (Å²) >= 11 is 0. The zero-order chi connectivity index (χ0) is 23.3. The van der Waals surface area contributed by atoms with Crippen molar-refractivity contribution in [3.05, 3.63) is 69.0 Å². The van der Waals surface area contributed by atoms with Crippen LogP contribution in [0.2, 0.25) is 0 Å². The first-order chi connectivity index (χ1) is 15.8. The average molecular weight is 448 g/mol. The van der Waals surface area contributed by atoms with Crippen LogP contribution in [0.15, 0.2) is 35.3 Å². The van der Waals surface area contributed by atoms with E-state index < -0.39 is 17.2 Å². The number of aromatic nitrogens is 4. The molecule has 1 fully saturated rings. The summed E-state index contributed by atoms with van der Waals surface area (Å²) in [6.07, 6.45) is 6.58. The molecule has 8 heteroatoms. The van der Waals surface area contributed by atoms with Crippen LogP contribution >= 0.6 is 0 Å². The van der Waals surface area contributed by atoms with Gasteiger partial charge in [0.25, 0.3) is 5.91 Å². The maximum Gasteiger partial charge on any atom is 0.315 e. The molecule has 0 bridgehead atoms. The summed E-state index contributed by atoms with van der Waals surface area (Å²) in [5, 5.41) is 14.9. The molecule has 1 saturated carbocycles. The molecule has 2 aliphatic rings. The minimum Gasteiger partial charge on any atom is -0.501 e. The van der Waals surface area contributed by atoms with Crippen molar-refractivity contribution in [3.63, 3.8) is 0 Å². The first-order valence-electron chi connectivity index (χ1n) is 11.5. The summed E-state index contributed by atoms with van der Waals surface area (Å²) in [5.41, 5.74) is 2.84. The fraction of sp³-hybridized carbons (Fsp3) is 0.440. The molecule has 0 unspecified atom stereocenters. The van der Waals surface area contributed by atoms with E-state index in [9.17, 15) is 14.7 Å². The third kappa shape index (κ3) is 3.63. The third-order valence-electron chi connectivity index (χ3n) is 7.10. The highest BCUT2D eigenvalue weighted by atomic mass is 16.3. The van der Waals surface area contributed by atoms with Crippen molar-refractivity contribution in [1.82, 2.24) is 19.3 Å². The second-order valence-corrected chi connectivity index (χ2v) is 9.53. The number of aryl methyl sites for hydroxylation is 3. The highest BCUT2D eigenvalue weighted by Crippen LogP contribution is 2.44. The number of nitrogens with zero attached hydrogens (tertiary/aromatic N) is 5. The van der Waals surface area contributed by atoms with Crippen molar-refractivity contribution in [2.45, 2.75) is 57.9 Å². The molecule has 1 amide bonds. The van der Waals surface area contributed by atoms with Crippen LogP contribution in [0.1, 0.15) is 58.7 Å². The van der Waals surface area contributed by atoms with Crippen molar-refractivity contribution in [2.75, 3.05) is 11.4 Å². The summed E-state index contributed by atoms with van der Waals surface area (Å²) in [4.78, 5) is 31.8. The zero-order valence-electron chi connectivity index (χ0n) is 19.3. The summed E-state index contributed by atoms with van der Waals surface area (Å²) in [7, 11) is 1.78. The predicted octanol–water partition coefficient (Wildman–Crippen LogP) is 3.01. The lowest BCUT2D eigenvalue weighted by molar-refractivity contribution is 0.0956. The smallest absolute Gasteiger partial charge is 0.315 e. The van der Waals surface area contributed by atoms with Crippen LogP contribution in [-0.4, -0.2) is 36.9 Å². The van der Waals surface area contributed by atoms with Gasteiger partial charge in [0.05, 0.1) is 0 Å². The number of rotatable bonds is 4. The van der Waals surface area contributed by atoms with Crippen LogP contribution < -0.4 is 10.5 Å². The minimum atomic E-state index is -0.749. The van der Waals surface area contributed by atoms with Crippen molar-refractivity contribution in [1.29, 1.82) is 0 Å². The molecule has 1 aromatic carbocycles. The van der Waals surface area contributed by atoms with Gasteiger partial charge in [-0.1, -0.05) is 42.2 Å². The molecule has 5 rings (SSSR count). The molecule has 3 aromatic rings. The second-order valence-electron chi connectivity index (χ2n) is 9.53. The molecule has 1 aliphatic heterocycles. The Hall–Kier alpha value is -3.42. The lowest BCUT2D eigenvalue weighted by Crippen LogP contribution is -2.44. The topological polar surface area (TPSA) is 93.2 Å². The molecule has 0 spiro atoms. The Morgan fingerprint density at radius 2 is 1.76 bits per heavy atom. The molecule has 33 heavy (non-hydrogen) atoms. The Morgan fingerprint density at radius 1 is 1.06 bits per heavy atom. The van der Waals surface area contributed by atoms with Gasteiger partial charge in [-0.2, -0.15) is 10.1 Å². The van der Waals surface area contributed by atoms with Gasteiger partial charge >= 0.3 is 5.56 Å². The number of amides is 1. The molecular formula is C25H29N5O3. The first-order valence-corrected chi connectivity index (χ1v) is 11.5. The van der Waals surface area contributed by atoms with Gasteiger partial charge < -0.3 is 9.67 Å². The fourth-order valence-corrected chi connectivity index (χ4v) is 5.58. The van der Waals surface area contributed by atoms with E-state index in [2.05, 4.69) is 42.1 Å².